The molecule has 0 saturated carbocycles. The number of fused-ring (bicyclic) bond motifs is 4. The highest BCUT2D eigenvalue weighted by atomic mass is 15.0. The van der Waals surface area contributed by atoms with Crippen molar-refractivity contribution in [3.05, 3.63) is 194 Å². The third kappa shape index (κ3) is 5.51. The summed E-state index contributed by atoms with van der Waals surface area (Å²) in [6, 6.07) is 56.5. The van der Waals surface area contributed by atoms with Crippen molar-refractivity contribution in [3.63, 3.8) is 0 Å². The average molecular weight is 676 g/mol. The fourth-order valence-corrected chi connectivity index (χ4v) is 7.79. The van der Waals surface area contributed by atoms with Crippen LogP contribution in [0, 0.1) is 0 Å². The lowest BCUT2D eigenvalue weighted by Gasteiger charge is -2.20. The monoisotopic (exact) mass is 675 g/mol. The largest absolute Gasteiger partial charge is 0.208 e. The molecular weight excluding hydrogens is 643 g/mol. The molecule has 0 aliphatic heterocycles. The van der Waals surface area contributed by atoms with E-state index in [0.29, 0.717) is 17.5 Å². The van der Waals surface area contributed by atoms with Gasteiger partial charge in [0.2, 0.25) is 0 Å². The molecule has 1 aromatic heterocycles. The summed E-state index contributed by atoms with van der Waals surface area (Å²) in [6.07, 6.45) is 11.4. The number of aromatic nitrogens is 3. The molecule has 10 rings (SSSR count). The van der Waals surface area contributed by atoms with Crippen molar-refractivity contribution in [1.82, 2.24) is 15.0 Å². The Hall–Kier alpha value is -6.97. The second-order valence-electron chi connectivity index (χ2n) is 13.5. The van der Waals surface area contributed by atoms with E-state index in [2.05, 4.69) is 170 Å². The van der Waals surface area contributed by atoms with Gasteiger partial charge in [-0.25, -0.2) is 15.0 Å². The Kier molecular flexibility index (Phi) is 7.54. The Morgan fingerprint density at radius 3 is 1.87 bits per heavy atom. The minimum atomic E-state index is 0.641. The fraction of sp³-hybridized carbons (Fsp3) is 0.0200. The van der Waals surface area contributed by atoms with Gasteiger partial charge in [-0.1, -0.05) is 176 Å². The van der Waals surface area contributed by atoms with Crippen molar-refractivity contribution >= 4 is 48.7 Å². The summed E-state index contributed by atoms with van der Waals surface area (Å²) < 4.78 is 0. The number of benzene rings is 8. The first-order valence-corrected chi connectivity index (χ1v) is 18.1. The zero-order valence-electron chi connectivity index (χ0n) is 28.9. The second kappa shape index (κ2) is 13.0. The standard InChI is InChI=1S/C50H33N3/c1-2-5-18-35(17-4-1)48-51-49(36-19-6-3-7-20-36)53-50(52-48)39-29-30-44-45(32-39)47(41-26-14-22-34-16-10-11-23-40(34)41)43-25-13-12-24-42(43)46(44)38-28-27-33-15-8-9-21-37(33)31-38/h1,3-32H,2H2. The summed E-state index contributed by atoms with van der Waals surface area (Å²) in [5.41, 5.74) is 7.67. The van der Waals surface area contributed by atoms with Crippen LogP contribution in [0.3, 0.4) is 0 Å². The van der Waals surface area contributed by atoms with E-state index < -0.39 is 0 Å². The summed E-state index contributed by atoms with van der Waals surface area (Å²) in [5.74, 6) is 1.95. The highest BCUT2D eigenvalue weighted by molar-refractivity contribution is 6.24. The van der Waals surface area contributed by atoms with Crippen LogP contribution >= 0.6 is 0 Å². The van der Waals surface area contributed by atoms with E-state index in [1.54, 1.807) is 0 Å². The molecule has 0 bridgehead atoms. The van der Waals surface area contributed by atoms with Gasteiger partial charge in [0.1, 0.15) is 0 Å². The number of nitrogens with zero attached hydrogens (tertiary/aromatic N) is 3. The van der Waals surface area contributed by atoms with Crippen molar-refractivity contribution in [1.29, 1.82) is 0 Å². The summed E-state index contributed by atoms with van der Waals surface area (Å²) in [6.45, 7) is 0. The van der Waals surface area contributed by atoms with E-state index in [-0.39, 0.29) is 0 Å². The average Bonchev–Trinajstić information content (AvgIpc) is 3.53. The zero-order chi connectivity index (χ0) is 35.1. The Morgan fingerprint density at radius 2 is 1.02 bits per heavy atom. The first kappa shape index (κ1) is 30.8. The van der Waals surface area contributed by atoms with Crippen LogP contribution in [0.4, 0.5) is 0 Å². The predicted molar refractivity (Wildman–Crippen MR) is 222 cm³/mol. The maximum atomic E-state index is 5.16. The first-order chi connectivity index (χ1) is 26.3. The highest BCUT2D eigenvalue weighted by Crippen LogP contribution is 2.46. The van der Waals surface area contributed by atoms with E-state index in [0.717, 1.165) is 28.5 Å². The Labute approximate surface area is 308 Å². The summed E-state index contributed by atoms with van der Waals surface area (Å²) in [7, 11) is 0. The number of rotatable bonds is 5. The van der Waals surface area contributed by atoms with Crippen LogP contribution in [0.1, 0.15) is 12.2 Å². The van der Waals surface area contributed by atoms with E-state index >= 15 is 0 Å². The fourth-order valence-electron chi connectivity index (χ4n) is 7.79. The molecule has 0 radical (unpaired) electrons. The molecule has 0 amide bonds. The van der Waals surface area contributed by atoms with Gasteiger partial charge in [-0.2, -0.15) is 0 Å². The molecule has 0 spiro atoms. The van der Waals surface area contributed by atoms with E-state index in [9.17, 15) is 0 Å². The van der Waals surface area contributed by atoms with E-state index in [1.165, 1.54) is 60.0 Å². The molecule has 8 aromatic carbocycles. The second-order valence-corrected chi connectivity index (χ2v) is 13.5. The molecule has 0 fully saturated rings. The van der Waals surface area contributed by atoms with Gasteiger partial charge in [-0.05, 0) is 83.9 Å². The summed E-state index contributed by atoms with van der Waals surface area (Å²) in [5, 5.41) is 9.65. The van der Waals surface area contributed by atoms with Gasteiger partial charge in [-0.15, -0.1) is 0 Å². The normalized spacial score (nSPS) is 12.8. The molecule has 1 aliphatic rings. The van der Waals surface area contributed by atoms with Crippen LogP contribution in [-0.2, 0) is 0 Å². The number of hydrogen-bond donors (Lipinski definition) is 0. The minimum absolute atomic E-state index is 0.641. The molecule has 1 heterocycles. The van der Waals surface area contributed by atoms with Crippen molar-refractivity contribution in [2.45, 2.75) is 6.42 Å². The molecule has 0 unspecified atom stereocenters. The number of allylic oxidation sites excluding steroid dienone is 6. The molecule has 3 heteroatoms. The molecule has 0 atom stereocenters. The smallest absolute Gasteiger partial charge is 0.164 e. The molecule has 3 nitrogen and oxygen atoms in total. The highest BCUT2D eigenvalue weighted by Gasteiger charge is 2.20. The Balaban J connectivity index is 1.30. The van der Waals surface area contributed by atoms with Gasteiger partial charge in [0.15, 0.2) is 17.5 Å². The van der Waals surface area contributed by atoms with E-state index in [4.69, 9.17) is 15.0 Å². The maximum absolute atomic E-state index is 5.16. The molecule has 0 N–H and O–H groups in total. The Morgan fingerprint density at radius 1 is 0.377 bits per heavy atom. The van der Waals surface area contributed by atoms with Gasteiger partial charge >= 0.3 is 0 Å². The molecule has 53 heavy (non-hydrogen) atoms. The zero-order valence-corrected chi connectivity index (χ0v) is 28.9. The van der Waals surface area contributed by atoms with Crippen molar-refractivity contribution in [3.8, 4) is 45.0 Å². The third-order valence-electron chi connectivity index (χ3n) is 10.3. The van der Waals surface area contributed by atoms with Crippen LogP contribution in [0.15, 0.2) is 188 Å². The van der Waals surface area contributed by atoms with Crippen molar-refractivity contribution in [2.75, 3.05) is 0 Å². The van der Waals surface area contributed by atoms with Crippen LogP contribution < -0.4 is 0 Å². The van der Waals surface area contributed by atoms with Crippen LogP contribution in [0.25, 0.3) is 93.7 Å². The van der Waals surface area contributed by atoms with Crippen molar-refractivity contribution < 1.29 is 0 Å². The maximum Gasteiger partial charge on any atom is 0.164 e. The topological polar surface area (TPSA) is 38.7 Å². The lowest BCUT2D eigenvalue weighted by atomic mass is 9.84. The molecule has 248 valence electrons. The van der Waals surface area contributed by atoms with Gasteiger partial charge in [-0.3, -0.25) is 0 Å². The van der Waals surface area contributed by atoms with Crippen LogP contribution in [0.2, 0.25) is 0 Å². The van der Waals surface area contributed by atoms with Crippen molar-refractivity contribution in [2.24, 2.45) is 0 Å². The first-order valence-electron chi connectivity index (χ1n) is 18.1. The quantitative estimate of drug-likeness (QED) is 0.170. The summed E-state index contributed by atoms with van der Waals surface area (Å²) >= 11 is 0. The summed E-state index contributed by atoms with van der Waals surface area (Å²) in [4.78, 5) is 15.3. The van der Waals surface area contributed by atoms with Gasteiger partial charge in [0, 0.05) is 16.7 Å². The Bertz CT molecular complexity index is 2970. The third-order valence-corrected chi connectivity index (χ3v) is 10.3. The predicted octanol–water partition coefficient (Wildman–Crippen LogP) is 13.1. The van der Waals surface area contributed by atoms with Crippen LogP contribution in [-0.4, -0.2) is 15.0 Å². The number of hydrogen-bond acceptors (Lipinski definition) is 3. The van der Waals surface area contributed by atoms with Gasteiger partial charge < -0.3 is 0 Å². The van der Waals surface area contributed by atoms with Crippen LogP contribution in [0.5, 0.6) is 0 Å². The molecule has 0 saturated heterocycles. The molecule has 1 aliphatic carbocycles. The van der Waals surface area contributed by atoms with E-state index in [1.807, 2.05) is 18.2 Å². The lowest BCUT2D eigenvalue weighted by Crippen LogP contribution is -2.02. The lowest BCUT2D eigenvalue weighted by molar-refractivity contribution is 1.04. The van der Waals surface area contributed by atoms with Gasteiger partial charge in [0.25, 0.3) is 0 Å². The molecule has 9 aromatic rings. The SMILES string of the molecule is C1=CCC=CC(c2nc(-c3ccccc3)nc(-c3ccc4c(-c5ccc6ccccc6c5)c5ccccc5c(-c5cccc6ccccc56)c4c3)n2)=C1. The molecular formula is C50H33N3. The van der Waals surface area contributed by atoms with Gasteiger partial charge in [0.05, 0.1) is 0 Å². The minimum Gasteiger partial charge on any atom is -0.208 e.